The second-order valence-corrected chi connectivity index (χ2v) is 6.62. The van der Waals surface area contributed by atoms with Crippen molar-refractivity contribution in [3.8, 4) is 5.75 Å². The molecule has 2 heterocycles. The van der Waals surface area contributed by atoms with Crippen LogP contribution in [0.2, 0.25) is 0 Å². The Kier molecular flexibility index (Phi) is 4.80. The van der Waals surface area contributed by atoms with E-state index in [1.807, 2.05) is 49.4 Å². The molecule has 2 amide bonds. The fourth-order valence-electron chi connectivity index (χ4n) is 3.04. The van der Waals surface area contributed by atoms with Crippen molar-refractivity contribution in [1.29, 1.82) is 0 Å². The number of aryl methyl sites for hydroxylation is 1. The number of ether oxygens (including phenoxy) is 1. The highest BCUT2D eigenvalue weighted by Crippen LogP contribution is 2.30. The molecule has 0 saturated carbocycles. The van der Waals surface area contributed by atoms with Gasteiger partial charge >= 0.3 is 0 Å². The fraction of sp³-hybridized carbons (Fsp3) is 0.190. The van der Waals surface area contributed by atoms with Crippen LogP contribution in [0.15, 0.2) is 59.1 Å². The van der Waals surface area contributed by atoms with Crippen LogP contribution in [0.5, 0.6) is 5.75 Å². The number of carbonyl (C=O) groups excluding carboxylic acids is 2. The molecule has 1 aliphatic heterocycles. The highest BCUT2D eigenvalue weighted by Gasteiger charge is 2.28. The molecule has 142 valence electrons. The van der Waals surface area contributed by atoms with Crippen molar-refractivity contribution < 1.29 is 18.8 Å². The molecule has 7 heteroatoms. The van der Waals surface area contributed by atoms with E-state index in [2.05, 4.69) is 15.8 Å². The first-order valence-electron chi connectivity index (χ1n) is 8.94. The maximum Gasteiger partial charge on any atom is 0.274 e. The van der Waals surface area contributed by atoms with E-state index in [0.717, 1.165) is 11.1 Å². The summed E-state index contributed by atoms with van der Waals surface area (Å²) in [5.41, 5.74) is 2.67. The van der Waals surface area contributed by atoms with Gasteiger partial charge < -0.3 is 19.9 Å². The first-order chi connectivity index (χ1) is 13.6. The topological polar surface area (TPSA) is 93.5 Å². The first-order valence-corrected chi connectivity index (χ1v) is 8.94. The monoisotopic (exact) mass is 377 g/mol. The van der Waals surface area contributed by atoms with E-state index >= 15 is 0 Å². The van der Waals surface area contributed by atoms with E-state index in [0.29, 0.717) is 23.6 Å². The van der Waals surface area contributed by atoms with E-state index in [4.69, 9.17) is 9.26 Å². The number of nitrogens with one attached hydrogen (secondary N) is 2. The van der Waals surface area contributed by atoms with Gasteiger partial charge in [-0.25, -0.2) is 0 Å². The third-order valence-electron chi connectivity index (χ3n) is 4.50. The van der Waals surface area contributed by atoms with Crippen molar-refractivity contribution in [2.75, 3.05) is 11.9 Å². The lowest BCUT2D eigenvalue weighted by Crippen LogP contribution is -2.46. The Labute approximate surface area is 161 Å². The van der Waals surface area contributed by atoms with Gasteiger partial charge in [-0.2, -0.15) is 0 Å². The maximum atomic E-state index is 12.5. The summed E-state index contributed by atoms with van der Waals surface area (Å²) in [5.74, 6) is 0.348. The molecule has 3 aromatic rings. The molecule has 0 fully saturated rings. The molecule has 0 radical (unpaired) electrons. The molecular weight excluding hydrogens is 358 g/mol. The quantitative estimate of drug-likeness (QED) is 0.729. The predicted molar refractivity (Wildman–Crippen MR) is 102 cm³/mol. The van der Waals surface area contributed by atoms with E-state index in [-0.39, 0.29) is 18.2 Å². The van der Waals surface area contributed by atoms with Crippen LogP contribution in [0.4, 0.5) is 5.69 Å². The fourth-order valence-corrected chi connectivity index (χ4v) is 3.04. The van der Waals surface area contributed by atoms with Crippen molar-refractivity contribution in [2.24, 2.45) is 0 Å². The molecule has 0 spiro atoms. The maximum absolute atomic E-state index is 12.5. The van der Waals surface area contributed by atoms with Gasteiger partial charge in [-0.1, -0.05) is 47.6 Å². The lowest BCUT2D eigenvalue weighted by atomic mass is 10.1. The molecule has 28 heavy (non-hydrogen) atoms. The molecule has 1 aromatic heterocycles. The second kappa shape index (κ2) is 7.56. The van der Waals surface area contributed by atoms with Crippen LogP contribution < -0.4 is 15.4 Å². The van der Waals surface area contributed by atoms with Crippen molar-refractivity contribution in [3.63, 3.8) is 0 Å². The van der Waals surface area contributed by atoms with Crippen LogP contribution in [0, 0.1) is 6.92 Å². The zero-order chi connectivity index (χ0) is 19.5. The average Bonchev–Trinajstić information content (AvgIpc) is 3.09. The number of hydrogen-bond acceptors (Lipinski definition) is 5. The van der Waals surface area contributed by atoms with Crippen LogP contribution in [-0.4, -0.2) is 29.6 Å². The number of nitrogens with zero attached hydrogens (tertiary/aromatic N) is 1. The summed E-state index contributed by atoms with van der Waals surface area (Å²) in [6, 6.07) is 16.0. The predicted octanol–water partition coefficient (Wildman–Crippen LogP) is 2.70. The molecule has 4 rings (SSSR count). The number of anilines is 1. The molecule has 1 aliphatic rings. The molecule has 0 saturated heterocycles. The largest absolute Gasteiger partial charge is 0.488 e. The Morgan fingerprint density at radius 2 is 2.04 bits per heavy atom. The first kappa shape index (κ1) is 17.8. The minimum absolute atomic E-state index is 0.0319. The van der Waals surface area contributed by atoms with Crippen LogP contribution >= 0.6 is 0 Å². The minimum Gasteiger partial charge on any atom is -0.488 e. The highest BCUT2D eigenvalue weighted by molar-refractivity contribution is 6.01. The summed E-state index contributed by atoms with van der Waals surface area (Å²) >= 11 is 0. The number of benzene rings is 2. The SMILES string of the molecule is Cc1cccc2c1OC[C@H](NC(=O)c1cc(Cc3ccccc3)on1)C(=O)N2. The molecule has 2 N–H and O–H groups in total. The highest BCUT2D eigenvalue weighted by atomic mass is 16.5. The van der Waals surface area contributed by atoms with Gasteiger partial charge in [0.25, 0.3) is 11.8 Å². The summed E-state index contributed by atoms with van der Waals surface area (Å²) in [4.78, 5) is 25.0. The van der Waals surface area contributed by atoms with Gasteiger partial charge in [-0.05, 0) is 24.1 Å². The number of para-hydroxylation sites is 1. The molecule has 2 aromatic carbocycles. The van der Waals surface area contributed by atoms with Gasteiger partial charge in [0.05, 0.1) is 5.69 Å². The van der Waals surface area contributed by atoms with Gasteiger partial charge in [-0.15, -0.1) is 0 Å². The normalized spacial score (nSPS) is 15.8. The van der Waals surface area contributed by atoms with Gasteiger partial charge in [0.1, 0.15) is 24.2 Å². The third kappa shape index (κ3) is 3.73. The van der Waals surface area contributed by atoms with E-state index in [9.17, 15) is 9.59 Å². The van der Waals surface area contributed by atoms with Crippen molar-refractivity contribution in [3.05, 3.63) is 77.2 Å². The average molecular weight is 377 g/mol. The van der Waals surface area contributed by atoms with Gasteiger partial charge in [0.2, 0.25) is 0 Å². The molecule has 1 atom stereocenters. The zero-order valence-electron chi connectivity index (χ0n) is 15.3. The summed E-state index contributed by atoms with van der Waals surface area (Å²) < 4.78 is 11.0. The van der Waals surface area contributed by atoms with Crippen molar-refractivity contribution in [2.45, 2.75) is 19.4 Å². The summed E-state index contributed by atoms with van der Waals surface area (Å²) in [6.45, 7) is 1.93. The Hall–Kier alpha value is -3.61. The van der Waals surface area contributed by atoms with Gasteiger partial charge in [0, 0.05) is 12.5 Å². The van der Waals surface area contributed by atoms with Gasteiger partial charge in [0.15, 0.2) is 5.69 Å². The summed E-state index contributed by atoms with van der Waals surface area (Å²) in [6.07, 6.45) is 0.530. The van der Waals surface area contributed by atoms with Gasteiger partial charge in [-0.3, -0.25) is 9.59 Å². The number of carbonyl (C=O) groups is 2. The van der Waals surface area contributed by atoms with Crippen LogP contribution in [0.25, 0.3) is 0 Å². The minimum atomic E-state index is -0.839. The van der Waals surface area contributed by atoms with E-state index < -0.39 is 11.9 Å². The smallest absolute Gasteiger partial charge is 0.274 e. The molecule has 0 aliphatic carbocycles. The molecule has 0 unspecified atom stereocenters. The number of rotatable bonds is 4. The van der Waals surface area contributed by atoms with Crippen LogP contribution in [0.3, 0.4) is 0 Å². The molecule has 7 nitrogen and oxygen atoms in total. The number of fused-ring (bicyclic) bond motifs is 1. The Morgan fingerprint density at radius 3 is 2.86 bits per heavy atom. The Balaban J connectivity index is 1.43. The Bertz CT molecular complexity index is 1010. The number of aromatic nitrogens is 1. The molecular formula is C21H19N3O4. The third-order valence-corrected chi connectivity index (χ3v) is 4.50. The standard InChI is InChI=1S/C21H19N3O4/c1-13-6-5-9-16-19(13)27-12-18(21(26)22-16)23-20(25)17-11-15(28-24-17)10-14-7-3-2-4-8-14/h2-9,11,18H,10,12H2,1H3,(H,22,26)(H,23,25)/t18-/m0/s1. The lowest BCUT2D eigenvalue weighted by molar-refractivity contribution is -0.118. The van der Waals surface area contributed by atoms with E-state index in [1.165, 1.54) is 0 Å². The number of amides is 2. The van der Waals surface area contributed by atoms with E-state index in [1.54, 1.807) is 12.1 Å². The lowest BCUT2D eigenvalue weighted by Gasteiger charge is -2.13. The van der Waals surface area contributed by atoms with Crippen molar-refractivity contribution >= 4 is 17.5 Å². The van der Waals surface area contributed by atoms with Crippen LogP contribution in [-0.2, 0) is 11.2 Å². The Morgan fingerprint density at radius 1 is 1.21 bits per heavy atom. The number of hydrogen-bond donors (Lipinski definition) is 2. The zero-order valence-corrected chi connectivity index (χ0v) is 15.3. The second-order valence-electron chi connectivity index (χ2n) is 6.62. The van der Waals surface area contributed by atoms with Crippen molar-refractivity contribution in [1.82, 2.24) is 10.5 Å². The van der Waals surface area contributed by atoms with Crippen LogP contribution in [0.1, 0.15) is 27.4 Å². The summed E-state index contributed by atoms with van der Waals surface area (Å²) in [5, 5.41) is 9.26. The summed E-state index contributed by atoms with van der Waals surface area (Å²) in [7, 11) is 0. The molecule has 0 bridgehead atoms.